The van der Waals surface area contributed by atoms with E-state index in [0.29, 0.717) is 4.90 Å². The Morgan fingerprint density at radius 2 is 2.00 bits per heavy atom. The number of carbonyl (C=O) groups is 2. The predicted octanol–water partition coefficient (Wildman–Crippen LogP) is 3.03. The van der Waals surface area contributed by atoms with E-state index in [9.17, 15) is 22.8 Å². The predicted molar refractivity (Wildman–Crippen MR) is 78.7 cm³/mol. The molecule has 0 bridgehead atoms. The topological polar surface area (TPSA) is 64.4 Å². The van der Waals surface area contributed by atoms with Crippen LogP contribution < -0.4 is 4.90 Å². The van der Waals surface area contributed by atoms with Crippen LogP contribution in [0.3, 0.4) is 0 Å². The van der Waals surface area contributed by atoms with Gasteiger partial charge in [0.05, 0.1) is 16.3 Å². The first-order valence-electron chi connectivity index (χ1n) is 7.07. The molecule has 2 aliphatic rings. The molecule has 1 aromatic rings. The molecule has 0 saturated carbocycles. The van der Waals surface area contributed by atoms with Crippen molar-refractivity contribution in [3.8, 4) is 6.07 Å². The number of rotatable bonds is 1. The molecule has 2 heterocycles. The number of Topliss-reactive ketones (excluding diaryl/α,β-unsaturated/α-hetero) is 1. The van der Waals surface area contributed by atoms with Crippen LogP contribution in [0.1, 0.15) is 17.5 Å². The minimum atomic E-state index is -4.78. The Bertz CT molecular complexity index is 787. The van der Waals surface area contributed by atoms with Gasteiger partial charge in [0.2, 0.25) is 0 Å². The van der Waals surface area contributed by atoms with Gasteiger partial charge >= 0.3 is 12.2 Å². The lowest BCUT2D eigenvalue weighted by Gasteiger charge is -2.28. The number of amides is 2. The van der Waals surface area contributed by atoms with E-state index in [4.69, 9.17) is 16.9 Å². The van der Waals surface area contributed by atoms with Crippen LogP contribution in [0.25, 0.3) is 0 Å². The maximum absolute atomic E-state index is 13.6. The summed E-state index contributed by atoms with van der Waals surface area (Å²) in [6.45, 7) is 1.40. The maximum atomic E-state index is 13.6. The Balaban J connectivity index is 2.16. The molecule has 2 saturated heterocycles. The number of fused-ring (bicyclic) bond motifs is 1. The smallest absolute Gasteiger partial charge is 0.311 e. The maximum Gasteiger partial charge on any atom is 0.411 e. The van der Waals surface area contributed by atoms with Crippen molar-refractivity contribution in [2.45, 2.75) is 31.6 Å². The summed E-state index contributed by atoms with van der Waals surface area (Å²) in [6, 6.07) is -0.330. The Morgan fingerprint density at radius 3 is 2.58 bits per heavy atom. The molecule has 0 spiro atoms. The number of nitrogens with zero attached hydrogens (tertiary/aromatic N) is 3. The molecule has 0 N–H and O–H groups in total. The van der Waals surface area contributed by atoms with Gasteiger partial charge in [0.25, 0.3) is 0 Å². The first kappa shape index (κ1) is 16.6. The number of halogens is 4. The van der Waals surface area contributed by atoms with Crippen molar-refractivity contribution in [1.29, 1.82) is 5.26 Å². The second kappa shape index (κ2) is 5.38. The summed E-state index contributed by atoms with van der Waals surface area (Å²) in [5.41, 5.74) is 0.241. The fraction of sp³-hybridized carbons (Fsp3) is 0.400. The molecular formula is C15H11ClF3N3O2. The first-order valence-corrected chi connectivity index (χ1v) is 7.44. The number of benzene rings is 1. The monoisotopic (exact) mass is 357 g/mol. The average molecular weight is 358 g/mol. The molecule has 0 aliphatic carbocycles. The SMILES string of the molecule is Cc1c(N2C(=O)N3CCC(=O)[C@H]3[C@H]2C(F)(F)F)ccc(C#N)c1Cl. The zero-order valence-electron chi connectivity index (χ0n) is 12.4. The van der Waals surface area contributed by atoms with Crippen molar-refractivity contribution in [3.05, 3.63) is 28.3 Å². The largest absolute Gasteiger partial charge is 0.411 e. The molecule has 1 aromatic carbocycles. The fourth-order valence-corrected chi connectivity index (χ4v) is 3.45. The minimum Gasteiger partial charge on any atom is -0.311 e. The van der Waals surface area contributed by atoms with Crippen molar-refractivity contribution >= 4 is 29.1 Å². The van der Waals surface area contributed by atoms with Crippen LogP contribution in [-0.2, 0) is 4.79 Å². The Labute approximate surface area is 140 Å². The fourth-order valence-electron chi connectivity index (χ4n) is 3.25. The Morgan fingerprint density at radius 1 is 1.33 bits per heavy atom. The van der Waals surface area contributed by atoms with Crippen LogP contribution in [0, 0.1) is 18.3 Å². The number of urea groups is 1. The van der Waals surface area contributed by atoms with E-state index in [1.54, 1.807) is 0 Å². The standard InChI is InChI=1S/C15H11ClF3N3O2/c1-7-9(3-2-8(6-20)11(7)16)22-13(15(17,18)19)12-10(23)4-5-21(12)14(22)24/h2-3,12-13H,4-5H2,1H3/t12-,13-/m0/s1. The van der Waals surface area contributed by atoms with Gasteiger partial charge in [-0.1, -0.05) is 11.6 Å². The van der Waals surface area contributed by atoms with Gasteiger partial charge in [0.15, 0.2) is 11.8 Å². The second-order valence-electron chi connectivity index (χ2n) is 5.68. The van der Waals surface area contributed by atoms with E-state index in [1.165, 1.54) is 19.1 Å². The minimum absolute atomic E-state index is 0.0119. The first-order chi connectivity index (χ1) is 11.2. The lowest BCUT2D eigenvalue weighted by molar-refractivity contribution is -0.156. The number of hydrogen-bond acceptors (Lipinski definition) is 3. The summed E-state index contributed by atoms with van der Waals surface area (Å²) in [5, 5.41) is 8.94. The van der Waals surface area contributed by atoms with E-state index in [1.807, 2.05) is 6.07 Å². The lowest BCUT2D eigenvalue weighted by atomic mass is 10.0. The third kappa shape index (κ3) is 2.23. The quantitative estimate of drug-likeness (QED) is 0.776. The summed E-state index contributed by atoms with van der Waals surface area (Å²) < 4.78 is 40.8. The highest BCUT2D eigenvalue weighted by molar-refractivity contribution is 6.33. The van der Waals surface area contributed by atoms with Gasteiger partial charge in [-0.3, -0.25) is 9.69 Å². The van der Waals surface area contributed by atoms with E-state index < -0.39 is 30.1 Å². The van der Waals surface area contributed by atoms with Gasteiger partial charge in [-0.25, -0.2) is 4.79 Å². The van der Waals surface area contributed by atoms with Gasteiger partial charge < -0.3 is 4.90 Å². The Hall–Kier alpha value is -2.27. The van der Waals surface area contributed by atoms with Gasteiger partial charge in [-0.15, -0.1) is 0 Å². The van der Waals surface area contributed by atoms with E-state index in [-0.39, 0.29) is 34.8 Å². The van der Waals surface area contributed by atoms with Crippen molar-refractivity contribution in [3.63, 3.8) is 0 Å². The molecule has 0 unspecified atom stereocenters. The van der Waals surface area contributed by atoms with Crippen LogP contribution in [0.4, 0.5) is 23.7 Å². The Kier molecular flexibility index (Phi) is 3.72. The highest BCUT2D eigenvalue weighted by Gasteiger charge is 2.63. The molecule has 0 radical (unpaired) electrons. The van der Waals surface area contributed by atoms with Crippen molar-refractivity contribution in [2.75, 3.05) is 11.4 Å². The number of anilines is 1. The normalized spacial score (nSPS) is 23.7. The van der Waals surface area contributed by atoms with Gasteiger partial charge in [-0.05, 0) is 24.6 Å². The van der Waals surface area contributed by atoms with E-state index in [2.05, 4.69) is 0 Å². The summed E-state index contributed by atoms with van der Waals surface area (Å²) in [6.07, 6.45) is -4.86. The number of carbonyl (C=O) groups excluding carboxylic acids is 2. The number of ketones is 1. The van der Waals surface area contributed by atoms with Crippen molar-refractivity contribution in [2.24, 2.45) is 0 Å². The van der Waals surface area contributed by atoms with Crippen LogP contribution in [0.15, 0.2) is 12.1 Å². The van der Waals surface area contributed by atoms with Crippen LogP contribution >= 0.6 is 11.6 Å². The third-order valence-electron chi connectivity index (χ3n) is 4.37. The highest BCUT2D eigenvalue weighted by Crippen LogP contribution is 2.43. The summed E-state index contributed by atoms with van der Waals surface area (Å²) in [4.78, 5) is 25.9. The zero-order chi connectivity index (χ0) is 17.8. The lowest BCUT2D eigenvalue weighted by Crippen LogP contribution is -2.50. The molecule has 2 amide bonds. The molecule has 5 nitrogen and oxygen atoms in total. The molecule has 3 rings (SSSR count). The van der Waals surface area contributed by atoms with Gasteiger partial charge in [0.1, 0.15) is 12.1 Å². The van der Waals surface area contributed by atoms with Crippen LogP contribution in [-0.4, -0.2) is 41.5 Å². The van der Waals surface area contributed by atoms with E-state index in [0.717, 1.165) is 4.90 Å². The molecule has 9 heteroatoms. The molecule has 126 valence electrons. The molecule has 2 atom stereocenters. The van der Waals surface area contributed by atoms with Gasteiger partial charge in [-0.2, -0.15) is 18.4 Å². The molecule has 2 aliphatic heterocycles. The molecule has 0 aromatic heterocycles. The van der Waals surface area contributed by atoms with Crippen molar-refractivity contribution < 1.29 is 22.8 Å². The third-order valence-corrected chi connectivity index (χ3v) is 4.85. The zero-order valence-corrected chi connectivity index (χ0v) is 13.1. The van der Waals surface area contributed by atoms with Crippen LogP contribution in [0.2, 0.25) is 5.02 Å². The average Bonchev–Trinajstić information content (AvgIpc) is 3.01. The number of hydrogen-bond donors (Lipinski definition) is 0. The molecular weight excluding hydrogens is 347 g/mol. The molecule has 2 fully saturated rings. The second-order valence-corrected chi connectivity index (χ2v) is 6.05. The number of nitriles is 1. The highest BCUT2D eigenvalue weighted by atomic mass is 35.5. The summed E-state index contributed by atoms with van der Waals surface area (Å²) in [7, 11) is 0. The molecule has 24 heavy (non-hydrogen) atoms. The van der Waals surface area contributed by atoms with E-state index >= 15 is 0 Å². The van der Waals surface area contributed by atoms with Gasteiger partial charge in [0, 0.05) is 13.0 Å². The van der Waals surface area contributed by atoms with Crippen LogP contribution in [0.5, 0.6) is 0 Å². The summed E-state index contributed by atoms with van der Waals surface area (Å²) >= 11 is 6.01. The van der Waals surface area contributed by atoms with Crippen molar-refractivity contribution in [1.82, 2.24) is 4.90 Å². The number of alkyl halides is 3. The summed E-state index contributed by atoms with van der Waals surface area (Å²) in [5.74, 6) is -0.606.